The second-order valence-corrected chi connectivity index (χ2v) is 6.05. The van der Waals surface area contributed by atoms with E-state index in [1.165, 1.54) is 12.1 Å². The summed E-state index contributed by atoms with van der Waals surface area (Å²) in [5, 5.41) is 2.94. The molecular formula is C12H18FNO3S. The maximum absolute atomic E-state index is 12.5. The molecule has 0 spiro atoms. The van der Waals surface area contributed by atoms with Gasteiger partial charge in [0.2, 0.25) is 0 Å². The van der Waals surface area contributed by atoms with Crippen LogP contribution in [-0.2, 0) is 10.1 Å². The maximum atomic E-state index is 12.5. The Labute approximate surface area is 107 Å². The number of halogens is 1. The summed E-state index contributed by atoms with van der Waals surface area (Å²) < 4.78 is 42.1. The zero-order chi connectivity index (χ0) is 13.8. The Balaban J connectivity index is 0.000000199. The molecule has 1 fully saturated rings. The van der Waals surface area contributed by atoms with E-state index in [9.17, 15) is 12.8 Å². The van der Waals surface area contributed by atoms with Crippen molar-refractivity contribution < 1.29 is 17.4 Å². The second-order valence-electron chi connectivity index (χ2n) is 4.63. The molecule has 1 aliphatic rings. The van der Waals surface area contributed by atoms with Crippen molar-refractivity contribution in [3.8, 4) is 0 Å². The number of aryl methyl sites for hydroxylation is 1. The van der Waals surface area contributed by atoms with Crippen LogP contribution in [0.1, 0.15) is 18.9 Å². The molecule has 18 heavy (non-hydrogen) atoms. The maximum Gasteiger partial charge on any atom is 0.294 e. The summed E-state index contributed by atoms with van der Waals surface area (Å²) in [7, 11) is -4.02. The molecule has 0 aliphatic carbocycles. The molecule has 1 aliphatic heterocycles. The van der Waals surface area contributed by atoms with Crippen molar-refractivity contribution in [2.45, 2.75) is 30.8 Å². The highest BCUT2D eigenvalue weighted by Crippen LogP contribution is 2.17. The normalized spacial score (nSPS) is 23.3. The van der Waals surface area contributed by atoms with E-state index < -0.39 is 15.8 Å². The van der Waals surface area contributed by atoms with Gasteiger partial charge in [0.1, 0.15) is 5.67 Å². The van der Waals surface area contributed by atoms with Crippen LogP contribution in [0.25, 0.3) is 0 Å². The van der Waals surface area contributed by atoms with Crippen molar-refractivity contribution in [2.24, 2.45) is 0 Å². The van der Waals surface area contributed by atoms with Crippen molar-refractivity contribution in [1.29, 1.82) is 0 Å². The summed E-state index contributed by atoms with van der Waals surface area (Å²) >= 11 is 0. The highest BCUT2D eigenvalue weighted by Gasteiger charge is 2.26. The lowest BCUT2D eigenvalue weighted by molar-refractivity contribution is 0.218. The minimum Gasteiger partial charge on any atom is -0.313 e. The van der Waals surface area contributed by atoms with Crippen LogP contribution in [0.15, 0.2) is 29.2 Å². The fourth-order valence-corrected chi connectivity index (χ4v) is 1.98. The predicted molar refractivity (Wildman–Crippen MR) is 68.0 cm³/mol. The fourth-order valence-electron chi connectivity index (χ4n) is 1.50. The van der Waals surface area contributed by atoms with Gasteiger partial charge in [0.25, 0.3) is 10.1 Å². The lowest BCUT2D eigenvalue weighted by Crippen LogP contribution is -2.20. The quantitative estimate of drug-likeness (QED) is 0.769. The third kappa shape index (κ3) is 5.12. The zero-order valence-corrected chi connectivity index (χ0v) is 11.3. The van der Waals surface area contributed by atoms with Crippen LogP contribution in [0.2, 0.25) is 0 Å². The van der Waals surface area contributed by atoms with Gasteiger partial charge in [-0.15, -0.1) is 0 Å². The molecule has 1 saturated heterocycles. The predicted octanol–water partition coefficient (Wildman–Crippen LogP) is 1.95. The molecule has 0 aromatic heterocycles. The van der Waals surface area contributed by atoms with E-state index in [0.29, 0.717) is 13.0 Å². The van der Waals surface area contributed by atoms with Crippen LogP contribution in [0, 0.1) is 6.92 Å². The van der Waals surface area contributed by atoms with E-state index in [1.54, 1.807) is 19.1 Å². The number of benzene rings is 1. The van der Waals surface area contributed by atoms with Crippen LogP contribution in [0.5, 0.6) is 0 Å². The smallest absolute Gasteiger partial charge is 0.294 e. The first-order chi connectivity index (χ1) is 8.21. The molecule has 0 bridgehead atoms. The molecular weight excluding hydrogens is 257 g/mol. The first kappa shape index (κ1) is 15.1. The molecule has 2 rings (SSSR count). The summed E-state index contributed by atoms with van der Waals surface area (Å²) in [6.45, 7) is 4.85. The van der Waals surface area contributed by atoms with Crippen molar-refractivity contribution in [3.63, 3.8) is 0 Å². The van der Waals surface area contributed by atoms with Gasteiger partial charge in [-0.2, -0.15) is 8.42 Å². The van der Waals surface area contributed by atoms with Gasteiger partial charge in [0.15, 0.2) is 0 Å². The standard InChI is InChI=1S/C7H8O3S.C5H10FN/c1-6-2-4-7(5-3-6)11(8,9)10;1-5(6)2-3-7-4-5/h2-5H,1H3,(H,8,9,10);7H,2-4H2,1H3. The summed E-state index contributed by atoms with van der Waals surface area (Å²) in [6.07, 6.45) is 0.674. The Morgan fingerprint density at radius 2 is 1.89 bits per heavy atom. The van der Waals surface area contributed by atoms with Gasteiger partial charge >= 0.3 is 0 Å². The molecule has 0 radical (unpaired) electrons. The third-order valence-corrected chi connectivity index (χ3v) is 3.50. The van der Waals surface area contributed by atoms with Crippen LogP contribution in [0.4, 0.5) is 4.39 Å². The van der Waals surface area contributed by atoms with Crippen LogP contribution in [-0.4, -0.2) is 31.7 Å². The Hall–Kier alpha value is -0.980. The molecule has 1 unspecified atom stereocenters. The number of hydrogen-bond donors (Lipinski definition) is 2. The van der Waals surface area contributed by atoms with Gasteiger partial charge < -0.3 is 5.32 Å². The monoisotopic (exact) mass is 275 g/mol. The van der Waals surface area contributed by atoms with Crippen molar-refractivity contribution in [3.05, 3.63) is 29.8 Å². The molecule has 1 atom stereocenters. The summed E-state index contributed by atoms with van der Waals surface area (Å²) in [4.78, 5) is -0.0666. The summed E-state index contributed by atoms with van der Waals surface area (Å²) in [5.74, 6) is 0. The number of alkyl halides is 1. The van der Waals surface area contributed by atoms with E-state index in [2.05, 4.69) is 5.32 Å². The fraction of sp³-hybridized carbons (Fsp3) is 0.500. The van der Waals surface area contributed by atoms with Gasteiger partial charge in [-0.1, -0.05) is 17.7 Å². The van der Waals surface area contributed by atoms with E-state index in [0.717, 1.165) is 12.1 Å². The van der Waals surface area contributed by atoms with Crippen molar-refractivity contribution in [2.75, 3.05) is 13.1 Å². The Morgan fingerprint density at radius 3 is 2.17 bits per heavy atom. The molecule has 1 aromatic rings. The van der Waals surface area contributed by atoms with Crippen LogP contribution in [0.3, 0.4) is 0 Å². The van der Waals surface area contributed by atoms with E-state index >= 15 is 0 Å². The molecule has 1 heterocycles. The van der Waals surface area contributed by atoms with Gasteiger partial charge in [0, 0.05) is 6.54 Å². The number of nitrogens with one attached hydrogen (secondary N) is 1. The topological polar surface area (TPSA) is 66.4 Å². The largest absolute Gasteiger partial charge is 0.313 e. The molecule has 4 nitrogen and oxygen atoms in total. The van der Waals surface area contributed by atoms with Crippen molar-refractivity contribution >= 4 is 10.1 Å². The molecule has 2 N–H and O–H groups in total. The molecule has 0 amide bonds. The first-order valence-electron chi connectivity index (χ1n) is 5.64. The van der Waals surface area contributed by atoms with Crippen LogP contribution < -0.4 is 5.32 Å². The Kier molecular flexibility index (Phi) is 4.84. The average Bonchev–Trinajstić information content (AvgIpc) is 2.63. The lowest BCUT2D eigenvalue weighted by atomic mass is 10.1. The Bertz CT molecular complexity index is 475. The minimum absolute atomic E-state index is 0.0666. The molecule has 1 aromatic carbocycles. The zero-order valence-electron chi connectivity index (χ0n) is 10.5. The number of hydrogen-bond acceptors (Lipinski definition) is 3. The highest BCUT2D eigenvalue weighted by atomic mass is 32.2. The third-order valence-electron chi connectivity index (χ3n) is 2.64. The van der Waals surface area contributed by atoms with Gasteiger partial charge in [0.05, 0.1) is 4.90 Å². The van der Waals surface area contributed by atoms with E-state index in [-0.39, 0.29) is 4.90 Å². The average molecular weight is 275 g/mol. The van der Waals surface area contributed by atoms with Gasteiger partial charge in [-0.3, -0.25) is 4.55 Å². The van der Waals surface area contributed by atoms with Crippen LogP contribution >= 0.6 is 0 Å². The van der Waals surface area contributed by atoms with Gasteiger partial charge in [-0.05, 0) is 38.9 Å². The molecule has 0 saturated carbocycles. The second kappa shape index (κ2) is 5.77. The van der Waals surface area contributed by atoms with Crippen molar-refractivity contribution in [1.82, 2.24) is 5.32 Å². The summed E-state index contributed by atoms with van der Waals surface area (Å²) in [6, 6.07) is 5.99. The first-order valence-corrected chi connectivity index (χ1v) is 7.08. The van der Waals surface area contributed by atoms with E-state index in [1.807, 2.05) is 6.92 Å². The minimum atomic E-state index is -4.02. The van der Waals surface area contributed by atoms with Gasteiger partial charge in [-0.25, -0.2) is 4.39 Å². The number of rotatable bonds is 1. The Morgan fingerprint density at radius 1 is 1.33 bits per heavy atom. The lowest BCUT2D eigenvalue weighted by Gasteiger charge is -2.07. The summed E-state index contributed by atoms with van der Waals surface area (Å²) in [5.41, 5.74) is 0.0393. The SMILES string of the molecule is CC1(F)CCNC1.Cc1ccc(S(=O)(=O)O)cc1. The van der Waals surface area contributed by atoms with E-state index in [4.69, 9.17) is 4.55 Å². The molecule has 6 heteroatoms. The highest BCUT2D eigenvalue weighted by molar-refractivity contribution is 7.85. The molecule has 102 valence electrons.